The number of thiazole rings is 1. The molecule has 1 atom stereocenters. The van der Waals surface area contributed by atoms with Crippen molar-refractivity contribution in [3.05, 3.63) is 16.7 Å². The van der Waals surface area contributed by atoms with Crippen molar-refractivity contribution in [2.24, 2.45) is 0 Å². The first-order valence-electron chi connectivity index (χ1n) is 6.79. The Labute approximate surface area is 132 Å². The molecule has 116 valence electrons. The van der Waals surface area contributed by atoms with Gasteiger partial charge in [0.05, 0.1) is 0 Å². The van der Waals surface area contributed by atoms with E-state index in [4.69, 9.17) is 16.7 Å². The van der Waals surface area contributed by atoms with Crippen molar-refractivity contribution in [1.29, 1.82) is 0 Å². The van der Waals surface area contributed by atoms with Crippen molar-refractivity contribution in [3.63, 3.8) is 0 Å². The van der Waals surface area contributed by atoms with Gasteiger partial charge in [-0.1, -0.05) is 18.0 Å². The minimum atomic E-state index is -3.72. The molecule has 1 aliphatic rings. The molecular formula is C12H16ClN3O3S2. The molecule has 2 aromatic rings. The molecule has 3 heterocycles. The second kappa shape index (κ2) is 5.85. The smallest absolute Gasteiger partial charge is 0.262 e. The van der Waals surface area contributed by atoms with Crippen LogP contribution in [0.1, 0.15) is 25.7 Å². The van der Waals surface area contributed by atoms with Crippen LogP contribution in [0.15, 0.2) is 16.6 Å². The fraction of sp³-hybridized carbons (Fsp3) is 0.583. The fourth-order valence-corrected chi connectivity index (χ4v) is 5.94. The van der Waals surface area contributed by atoms with Crippen LogP contribution in [0.25, 0.3) is 4.96 Å². The third-order valence-corrected chi connectivity index (χ3v) is 6.88. The van der Waals surface area contributed by atoms with Gasteiger partial charge in [0.1, 0.15) is 0 Å². The third-order valence-electron chi connectivity index (χ3n) is 3.77. The highest BCUT2D eigenvalue weighted by Gasteiger charge is 2.37. The zero-order valence-electron chi connectivity index (χ0n) is 11.3. The summed E-state index contributed by atoms with van der Waals surface area (Å²) in [6.07, 6.45) is 4.68. The van der Waals surface area contributed by atoms with Crippen LogP contribution in [0.3, 0.4) is 0 Å². The largest absolute Gasteiger partial charge is 0.396 e. The van der Waals surface area contributed by atoms with Gasteiger partial charge in [-0.25, -0.2) is 13.4 Å². The van der Waals surface area contributed by atoms with Crippen molar-refractivity contribution in [2.45, 2.75) is 36.8 Å². The van der Waals surface area contributed by atoms with Crippen molar-refractivity contribution < 1.29 is 13.5 Å². The van der Waals surface area contributed by atoms with E-state index in [1.54, 1.807) is 11.6 Å². The zero-order chi connectivity index (χ0) is 15.0. The maximum absolute atomic E-state index is 13.0. The van der Waals surface area contributed by atoms with Crippen LogP contribution in [-0.2, 0) is 10.0 Å². The predicted octanol–water partition coefficient (Wildman–Crippen LogP) is 1.97. The Balaban J connectivity index is 2.06. The SMILES string of the molecule is O=S(=O)(c1c(Cl)nc2sccn12)N1CCCCC1CCO. The first kappa shape index (κ1) is 15.2. The van der Waals surface area contributed by atoms with E-state index >= 15 is 0 Å². The number of aliphatic hydroxyl groups is 1. The van der Waals surface area contributed by atoms with Crippen LogP contribution in [0.4, 0.5) is 0 Å². The summed E-state index contributed by atoms with van der Waals surface area (Å²) in [6.45, 7) is 0.436. The van der Waals surface area contributed by atoms with Crippen LogP contribution < -0.4 is 0 Å². The second-order valence-corrected chi connectivity index (χ2v) is 8.08. The third kappa shape index (κ3) is 2.59. The van der Waals surface area contributed by atoms with Crippen LogP contribution in [0.5, 0.6) is 0 Å². The molecule has 1 saturated heterocycles. The minimum absolute atomic E-state index is 0.00942. The standard InChI is InChI=1S/C12H16ClN3O3S2/c13-10-11(15-6-8-20-12(15)14-10)21(18,19)16-5-2-1-3-9(16)4-7-17/h6,8-9,17H,1-5,7H2. The lowest BCUT2D eigenvalue weighted by Gasteiger charge is -2.34. The van der Waals surface area contributed by atoms with E-state index in [2.05, 4.69) is 4.98 Å². The van der Waals surface area contributed by atoms with Crippen LogP contribution >= 0.6 is 22.9 Å². The van der Waals surface area contributed by atoms with E-state index < -0.39 is 10.0 Å². The van der Waals surface area contributed by atoms with Gasteiger partial charge in [-0.3, -0.25) is 4.40 Å². The van der Waals surface area contributed by atoms with E-state index in [9.17, 15) is 8.42 Å². The monoisotopic (exact) mass is 349 g/mol. The molecular weight excluding hydrogens is 334 g/mol. The average Bonchev–Trinajstić information content (AvgIpc) is 2.99. The van der Waals surface area contributed by atoms with Gasteiger partial charge in [0.2, 0.25) is 0 Å². The molecule has 0 bridgehead atoms. The maximum Gasteiger partial charge on any atom is 0.262 e. The lowest BCUT2D eigenvalue weighted by molar-refractivity contribution is 0.192. The van der Waals surface area contributed by atoms with Gasteiger partial charge in [-0.15, -0.1) is 11.3 Å². The molecule has 0 radical (unpaired) electrons. The summed E-state index contributed by atoms with van der Waals surface area (Å²) in [4.78, 5) is 4.66. The Morgan fingerprint density at radius 1 is 1.48 bits per heavy atom. The molecule has 0 amide bonds. The molecule has 0 aromatic carbocycles. The molecule has 9 heteroatoms. The van der Waals surface area contributed by atoms with Gasteiger partial charge in [0.15, 0.2) is 15.1 Å². The van der Waals surface area contributed by atoms with E-state index in [1.807, 2.05) is 0 Å². The van der Waals surface area contributed by atoms with Crippen LogP contribution in [0, 0.1) is 0 Å². The van der Waals surface area contributed by atoms with E-state index in [0.717, 1.165) is 19.3 Å². The molecule has 0 aliphatic carbocycles. The minimum Gasteiger partial charge on any atom is -0.396 e. The maximum atomic E-state index is 13.0. The van der Waals surface area contributed by atoms with Crippen molar-refractivity contribution in [3.8, 4) is 0 Å². The van der Waals surface area contributed by atoms with Gasteiger partial charge in [0.25, 0.3) is 10.0 Å². The number of nitrogens with zero attached hydrogens (tertiary/aromatic N) is 3. The summed E-state index contributed by atoms with van der Waals surface area (Å²) < 4.78 is 28.9. The van der Waals surface area contributed by atoms with Crippen molar-refractivity contribution in [2.75, 3.05) is 13.2 Å². The number of aliphatic hydroxyl groups excluding tert-OH is 1. The number of hydrogen-bond acceptors (Lipinski definition) is 5. The Hall–Kier alpha value is -0.670. The number of sulfonamides is 1. The van der Waals surface area contributed by atoms with Crippen molar-refractivity contribution in [1.82, 2.24) is 13.7 Å². The number of halogens is 1. The topological polar surface area (TPSA) is 74.9 Å². The number of aromatic nitrogens is 2. The van der Waals surface area contributed by atoms with Gasteiger partial charge >= 0.3 is 0 Å². The van der Waals surface area contributed by atoms with Gasteiger partial charge in [0, 0.05) is 30.8 Å². The molecule has 3 rings (SSSR count). The molecule has 1 fully saturated rings. The highest BCUT2D eigenvalue weighted by molar-refractivity contribution is 7.89. The number of piperidine rings is 1. The molecule has 1 unspecified atom stereocenters. The van der Waals surface area contributed by atoms with Gasteiger partial charge in [-0.2, -0.15) is 4.31 Å². The second-order valence-electron chi connectivity index (χ2n) is 5.04. The normalized spacial score (nSPS) is 21.1. The average molecular weight is 350 g/mol. The van der Waals surface area contributed by atoms with Gasteiger partial charge in [-0.05, 0) is 19.3 Å². The fourth-order valence-electron chi connectivity index (χ4n) is 2.81. The van der Waals surface area contributed by atoms with E-state index in [-0.39, 0.29) is 22.8 Å². The molecule has 6 nitrogen and oxygen atoms in total. The zero-order valence-corrected chi connectivity index (χ0v) is 13.7. The predicted molar refractivity (Wildman–Crippen MR) is 81.3 cm³/mol. The Kier molecular flexibility index (Phi) is 4.24. The first-order valence-corrected chi connectivity index (χ1v) is 9.49. The Morgan fingerprint density at radius 3 is 3.05 bits per heavy atom. The van der Waals surface area contributed by atoms with Gasteiger partial charge < -0.3 is 5.11 Å². The summed E-state index contributed by atoms with van der Waals surface area (Å²) in [5.74, 6) is 0. The number of hydrogen-bond donors (Lipinski definition) is 1. The number of imidazole rings is 1. The quantitative estimate of drug-likeness (QED) is 0.915. The molecule has 21 heavy (non-hydrogen) atoms. The highest BCUT2D eigenvalue weighted by atomic mass is 35.5. The molecule has 0 spiro atoms. The van der Waals surface area contributed by atoms with Crippen LogP contribution in [0.2, 0.25) is 5.15 Å². The Bertz CT molecular complexity index is 738. The summed E-state index contributed by atoms with van der Waals surface area (Å²) in [5.41, 5.74) is 0. The summed E-state index contributed by atoms with van der Waals surface area (Å²) >= 11 is 7.40. The first-order chi connectivity index (χ1) is 10.1. The lowest BCUT2D eigenvalue weighted by Crippen LogP contribution is -2.44. The number of rotatable bonds is 4. The van der Waals surface area contributed by atoms with E-state index in [0.29, 0.717) is 17.9 Å². The van der Waals surface area contributed by atoms with Crippen LogP contribution in [-0.4, -0.2) is 46.4 Å². The molecule has 1 aliphatic heterocycles. The van der Waals surface area contributed by atoms with E-state index in [1.165, 1.54) is 20.0 Å². The summed E-state index contributed by atoms with van der Waals surface area (Å²) in [7, 11) is -3.72. The molecule has 0 saturated carbocycles. The summed E-state index contributed by atoms with van der Waals surface area (Å²) in [6, 6.07) is -0.172. The number of fused-ring (bicyclic) bond motifs is 1. The van der Waals surface area contributed by atoms with Crippen molar-refractivity contribution >= 4 is 37.9 Å². The highest BCUT2D eigenvalue weighted by Crippen LogP contribution is 2.32. The molecule has 2 aromatic heterocycles. The lowest BCUT2D eigenvalue weighted by atomic mass is 10.0. The Morgan fingerprint density at radius 2 is 2.29 bits per heavy atom. The summed E-state index contributed by atoms with van der Waals surface area (Å²) in [5, 5.41) is 11.0. The molecule has 1 N–H and O–H groups in total.